The van der Waals surface area contributed by atoms with Crippen molar-refractivity contribution in [2.45, 2.75) is 51.6 Å². The summed E-state index contributed by atoms with van der Waals surface area (Å²) in [4.78, 5) is 0. The first-order valence-electron chi connectivity index (χ1n) is 9.57. The Kier molecular flexibility index (Phi) is 6.08. The molecule has 0 unspecified atom stereocenters. The molecule has 0 saturated carbocycles. The SMILES string of the molecule is Cc1ccc(C(C)(C)C[C@@H](C)[NH2+][C@H](c2ccccc2)c2ccc(Cl)cc2)o1. The molecule has 0 amide bonds. The van der Waals surface area contributed by atoms with Gasteiger partial charge in [-0.25, -0.2) is 0 Å². The lowest BCUT2D eigenvalue weighted by atomic mass is 9.83. The summed E-state index contributed by atoms with van der Waals surface area (Å²) in [5, 5.41) is 3.23. The van der Waals surface area contributed by atoms with Gasteiger partial charge >= 0.3 is 0 Å². The Morgan fingerprint density at radius 1 is 0.926 bits per heavy atom. The Morgan fingerprint density at radius 2 is 1.56 bits per heavy atom. The predicted octanol–water partition coefficient (Wildman–Crippen LogP) is 5.65. The van der Waals surface area contributed by atoms with E-state index in [1.165, 1.54) is 11.1 Å². The van der Waals surface area contributed by atoms with Crippen LogP contribution in [0.5, 0.6) is 0 Å². The minimum atomic E-state index is -0.00852. The molecule has 0 fully saturated rings. The second-order valence-corrected chi connectivity index (χ2v) is 8.54. The van der Waals surface area contributed by atoms with Gasteiger partial charge in [0, 0.05) is 28.0 Å². The van der Waals surface area contributed by atoms with Crippen LogP contribution in [0.4, 0.5) is 0 Å². The van der Waals surface area contributed by atoms with Crippen LogP contribution in [0, 0.1) is 6.92 Å². The van der Waals surface area contributed by atoms with Crippen LogP contribution in [0.1, 0.15) is 55.9 Å². The van der Waals surface area contributed by atoms with Crippen molar-refractivity contribution in [3.8, 4) is 0 Å². The van der Waals surface area contributed by atoms with Crippen molar-refractivity contribution in [2.75, 3.05) is 0 Å². The number of aryl methyl sites for hydroxylation is 1. The molecule has 0 saturated heterocycles. The van der Waals surface area contributed by atoms with Crippen LogP contribution in [0.2, 0.25) is 5.02 Å². The normalized spacial score (nSPS) is 14.1. The van der Waals surface area contributed by atoms with E-state index in [1.54, 1.807) is 0 Å². The molecule has 0 aliphatic rings. The smallest absolute Gasteiger partial charge is 0.137 e. The second-order valence-electron chi connectivity index (χ2n) is 8.11. The molecule has 0 spiro atoms. The molecular weight excluding hydrogens is 354 g/mol. The Morgan fingerprint density at radius 3 is 2.15 bits per heavy atom. The van der Waals surface area contributed by atoms with E-state index in [2.05, 4.69) is 74.6 Å². The summed E-state index contributed by atoms with van der Waals surface area (Å²) in [5.41, 5.74) is 2.56. The van der Waals surface area contributed by atoms with Gasteiger partial charge in [0.1, 0.15) is 17.6 Å². The van der Waals surface area contributed by atoms with Gasteiger partial charge in [-0.2, -0.15) is 0 Å². The van der Waals surface area contributed by atoms with Crippen molar-refractivity contribution in [1.29, 1.82) is 0 Å². The molecule has 2 N–H and O–H groups in total. The minimum absolute atomic E-state index is 0.00852. The topological polar surface area (TPSA) is 29.8 Å². The number of hydrogen-bond acceptors (Lipinski definition) is 1. The molecule has 27 heavy (non-hydrogen) atoms. The van der Waals surface area contributed by atoms with Crippen LogP contribution in [-0.2, 0) is 5.41 Å². The van der Waals surface area contributed by atoms with E-state index in [0.29, 0.717) is 6.04 Å². The number of quaternary nitrogens is 1. The third kappa shape index (κ3) is 5.03. The molecular formula is C24H29ClNO+. The fourth-order valence-corrected chi connectivity index (χ4v) is 3.97. The van der Waals surface area contributed by atoms with E-state index < -0.39 is 0 Å². The largest absolute Gasteiger partial charge is 0.466 e. The fourth-order valence-electron chi connectivity index (χ4n) is 3.85. The predicted molar refractivity (Wildman–Crippen MR) is 112 cm³/mol. The molecule has 2 atom stereocenters. The fraction of sp³-hybridized carbons (Fsp3) is 0.333. The van der Waals surface area contributed by atoms with Crippen LogP contribution in [0.3, 0.4) is 0 Å². The molecule has 0 aliphatic heterocycles. The summed E-state index contributed by atoms with van der Waals surface area (Å²) in [6.45, 7) is 8.81. The number of halogens is 1. The monoisotopic (exact) mass is 382 g/mol. The highest BCUT2D eigenvalue weighted by Crippen LogP contribution is 2.30. The first kappa shape index (κ1) is 19.7. The number of rotatable bonds is 7. The maximum atomic E-state index is 6.10. The number of furan rings is 1. The van der Waals surface area contributed by atoms with E-state index in [0.717, 1.165) is 23.0 Å². The van der Waals surface area contributed by atoms with E-state index in [1.807, 2.05) is 25.1 Å². The van der Waals surface area contributed by atoms with Crippen LogP contribution in [-0.4, -0.2) is 6.04 Å². The highest BCUT2D eigenvalue weighted by atomic mass is 35.5. The van der Waals surface area contributed by atoms with Gasteiger partial charge < -0.3 is 9.73 Å². The van der Waals surface area contributed by atoms with Crippen molar-refractivity contribution >= 4 is 11.6 Å². The summed E-state index contributed by atoms with van der Waals surface area (Å²) >= 11 is 6.10. The van der Waals surface area contributed by atoms with E-state index in [-0.39, 0.29) is 11.5 Å². The van der Waals surface area contributed by atoms with E-state index >= 15 is 0 Å². The lowest BCUT2D eigenvalue weighted by Crippen LogP contribution is -2.90. The highest BCUT2D eigenvalue weighted by Gasteiger charge is 2.30. The average Bonchev–Trinajstić information content (AvgIpc) is 3.08. The molecule has 1 heterocycles. The molecule has 2 nitrogen and oxygen atoms in total. The van der Waals surface area contributed by atoms with Crippen molar-refractivity contribution in [1.82, 2.24) is 0 Å². The van der Waals surface area contributed by atoms with Gasteiger partial charge in [-0.05, 0) is 38.1 Å². The van der Waals surface area contributed by atoms with Crippen molar-refractivity contribution < 1.29 is 9.73 Å². The van der Waals surface area contributed by atoms with E-state index in [4.69, 9.17) is 16.0 Å². The van der Waals surface area contributed by atoms with Gasteiger partial charge in [0.05, 0.1) is 6.04 Å². The third-order valence-electron chi connectivity index (χ3n) is 5.15. The van der Waals surface area contributed by atoms with Gasteiger partial charge in [-0.15, -0.1) is 0 Å². The first-order valence-corrected chi connectivity index (χ1v) is 9.95. The Bertz CT molecular complexity index is 852. The summed E-state index contributed by atoms with van der Waals surface area (Å²) in [7, 11) is 0. The van der Waals surface area contributed by atoms with Crippen LogP contribution in [0.15, 0.2) is 71.1 Å². The zero-order valence-electron chi connectivity index (χ0n) is 16.6. The lowest BCUT2D eigenvalue weighted by molar-refractivity contribution is -0.718. The molecule has 0 aliphatic carbocycles. The molecule has 0 radical (unpaired) electrons. The minimum Gasteiger partial charge on any atom is -0.466 e. The first-order chi connectivity index (χ1) is 12.8. The molecule has 3 heteroatoms. The Balaban J connectivity index is 1.80. The number of benzene rings is 2. The van der Waals surface area contributed by atoms with Crippen LogP contribution >= 0.6 is 11.6 Å². The highest BCUT2D eigenvalue weighted by molar-refractivity contribution is 6.30. The van der Waals surface area contributed by atoms with Gasteiger partial charge in [-0.3, -0.25) is 0 Å². The number of nitrogens with two attached hydrogens (primary N) is 1. The zero-order valence-corrected chi connectivity index (χ0v) is 17.3. The van der Waals surface area contributed by atoms with E-state index in [9.17, 15) is 0 Å². The molecule has 3 rings (SSSR count). The summed E-state index contributed by atoms with van der Waals surface area (Å²) < 4.78 is 5.91. The third-order valence-corrected chi connectivity index (χ3v) is 5.40. The van der Waals surface area contributed by atoms with Gasteiger partial charge in [-0.1, -0.05) is 67.9 Å². The van der Waals surface area contributed by atoms with Crippen molar-refractivity contribution in [3.05, 3.63) is 94.4 Å². The summed E-state index contributed by atoms with van der Waals surface area (Å²) in [6.07, 6.45) is 1.02. The average molecular weight is 383 g/mol. The summed E-state index contributed by atoms with van der Waals surface area (Å²) in [5.74, 6) is 2.03. The summed E-state index contributed by atoms with van der Waals surface area (Å²) in [6, 6.07) is 23.7. The Labute approximate surface area is 167 Å². The van der Waals surface area contributed by atoms with Crippen LogP contribution < -0.4 is 5.32 Å². The lowest BCUT2D eigenvalue weighted by Gasteiger charge is -2.28. The number of hydrogen-bond donors (Lipinski definition) is 1. The van der Waals surface area contributed by atoms with Crippen molar-refractivity contribution in [2.24, 2.45) is 0 Å². The molecule has 2 aromatic carbocycles. The van der Waals surface area contributed by atoms with Gasteiger partial charge in [0.2, 0.25) is 0 Å². The quantitative estimate of drug-likeness (QED) is 0.562. The molecule has 142 valence electrons. The maximum Gasteiger partial charge on any atom is 0.137 e. The van der Waals surface area contributed by atoms with Crippen molar-refractivity contribution in [3.63, 3.8) is 0 Å². The molecule has 1 aromatic heterocycles. The second kappa shape index (κ2) is 8.33. The Hall–Kier alpha value is -2.03. The van der Waals surface area contributed by atoms with Gasteiger partial charge in [0.15, 0.2) is 0 Å². The zero-order chi connectivity index (χ0) is 19.4. The molecule has 3 aromatic rings. The maximum absolute atomic E-state index is 6.10. The molecule has 0 bridgehead atoms. The van der Waals surface area contributed by atoms with Gasteiger partial charge in [0.25, 0.3) is 0 Å². The standard InChI is InChI=1S/C24H28ClNO/c1-17(16-24(3,4)22-15-10-18(2)27-22)26-23(19-8-6-5-7-9-19)20-11-13-21(25)14-12-20/h5-15,17,23,26H,16H2,1-4H3/p+1/t17-,23-/m1/s1. The van der Waals surface area contributed by atoms with Crippen LogP contribution in [0.25, 0.3) is 0 Å².